The summed E-state index contributed by atoms with van der Waals surface area (Å²) < 4.78 is 0.679. The molecule has 1 aromatic carbocycles. The Balaban J connectivity index is 1.98. The number of aromatic nitrogens is 3. The number of thiazole rings is 1. The van der Waals surface area contributed by atoms with Crippen LogP contribution >= 0.6 is 27.3 Å². The average Bonchev–Trinajstić information content (AvgIpc) is 2.97. The van der Waals surface area contributed by atoms with Gasteiger partial charge in [0.2, 0.25) is 0 Å². The van der Waals surface area contributed by atoms with E-state index in [9.17, 15) is 9.59 Å². The van der Waals surface area contributed by atoms with Crippen molar-refractivity contribution in [3.63, 3.8) is 0 Å². The molecule has 3 N–H and O–H groups in total. The number of H-pyrrole nitrogens is 2. The second-order valence-corrected chi connectivity index (χ2v) is 5.36. The van der Waals surface area contributed by atoms with E-state index in [1.54, 1.807) is 23.0 Å². The molecule has 1 amide bonds. The van der Waals surface area contributed by atoms with Crippen LogP contribution in [-0.4, -0.2) is 20.9 Å². The first kappa shape index (κ1) is 12.1. The number of halogens is 1. The molecular weight excluding hydrogens is 332 g/mol. The molecule has 8 heteroatoms. The third-order valence-corrected chi connectivity index (χ3v) is 3.76. The number of carbonyl (C=O) groups excluding carboxylic acids is 1. The van der Waals surface area contributed by atoms with E-state index in [4.69, 9.17) is 0 Å². The van der Waals surface area contributed by atoms with Crippen molar-refractivity contribution in [3.05, 3.63) is 43.7 Å². The molecule has 3 rings (SSSR count). The van der Waals surface area contributed by atoms with Gasteiger partial charge in [0, 0.05) is 9.85 Å². The van der Waals surface area contributed by atoms with Crippen molar-refractivity contribution in [3.8, 4) is 0 Å². The van der Waals surface area contributed by atoms with Crippen molar-refractivity contribution in [1.29, 1.82) is 0 Å². The monoisotopic (exact) mass is 338 g/mol. The highest BCUT2D eigenvalue weighted by atomic mass is 79.9. The molecule has 0 radical (unpaired) electrons. The van der Waals surface area contributed by atoms with Crippen LogP contribution in [-0.2, 0) is 0 Å². The second-order valence-electron chi connectivity index (χ2n) is 3.78. The van der Waals surface area contributed by atoms with Crippen LogP contribution in [0.3, 0.4) is 0 Å². The molecule has 0 saturated heterocycles. The zero-order chi connectivity index (χ0) is 13.4. The third-order valence-electron chi connectivity index (χ3n) is 2.52. The van der Waals surface area contributed by atoms with Crippen molar-refractivity contribution in [1.82, 2.24) is 15.0 Å². The second kappa shape index (κ2) is 4.63. The molecular formula is C11H7BrN4O2S. The van der Waals surface area contributed by atoms with Gasteiger partial charge in [0.05, 0.1) is 22.2 Å². The van der Waals surface area contributed by atoms with Crippen LogP contribution in [0, 0.1) is 0 Å². The molecule has 96 valence electrons. The number of aromatic amines is 2. The molecule has 6 nitrogen and oxygen atoms in total. The van der Waals surface area contributed by atoms with Gasteiger partial charge in [-0.25, -0.2) is 9.78 Å². The maximum Gasteiger partial charge on any atom is 0.323 e. The summed E-state index contributed by atoms with van der Waals surface area (Å²) >= 11 is 4.70. The third kappa shape index (κ3) is 2.32. The lowest BCUT2D eigenvalue weighted by molar-refractivity contribution is 0.102. The first-order valence-electron chi connectivity index (χ1n) is 5.24. The molecule has 2 heterocycles. The number of rotatable bonds is 2. The maximum absolute atomic E-state index is 11.9. The van der Waals surface area contributed by atoms with Crippen molar-refractivity contribution >= 4 is 49.9 Å². The minimum absolute atomic E-state index is 0.287. The number of imidazole rings is 1. The van der Waals surface area contributed by atoms with E-state index >= 15 is 0 Å². The van der Waals surface area contributed by atoms with Gasteiger partial charge < -0.3 is 15.3 Å². The Hall–Kier alpha value is -1.93. The van der Waals surface area contributed by atoms with Crippen LogP contribution in [0.5, 0.6) is 0 Å². The highest BCUT2D eigenvalue weighted by molar-refractivity contribution is 9.10. The number of fused-ring (bicyclic) bond motifs is 1. The van der Waals surface area contributed by atoms with E-state index in [2.05, 4.69) is 36.2 Å². The van der Waals surface area contributed by atoms with Crippen LogP contribution < -0.4 is 11.0 Å². The van der Waals surface area contributed by atoms with Gasteiger partial charge >= 0.3 is 5.69 Å². The topological polar surface area (TPSA) is 90.6 Å². The first-order valence-corrected chi connectivity index (χ1v) is 6.98. The molecule has 0 spiro atoms. The lowest BCUT2D eigenvalue weighted by atomic mass is 10.2. The van der Waals surface area contributed by atoms with Crippen molar-refractivity contribution < 1.29 is 4.79 Å². The Morgan fingerprint density at radius 3 is 2.74 bits per heavy atom. The smallest absolute Gasteiger partial charge is 0.320 e. The molecule has 0 aliphatic rings. The van der Waals surface area contributed by atoms with Crippen molar-refractivity contribution in [2.45, 2.75) is 0 Å². The Bertz CT molecular complexity index is 806. The van der Waals surface area contributed by atoms with E-state index in [1.165, 1.54) is 11.3 Å². The summed E-state index contributed by atoms with van der Waals surface area (Å²) in [6.07, 6.45) is 0. The SMILES string of the molecule is O=C(Nc1cc2[nH]c(=O)[nH]c2cc1Br)c1cscn1. The van der Waals surface area contributed by atoms with Crippen LogP contribution in [0.25, 0.3) is 11.0 Å². The number of hydrogen-bond donors (Lipinski definition) is 3. The Kier molecular flexibility index (Phi) is 2.96. The Labute approximate surface area is 119 Å². The van der Waals surface area contributed by atoms with Gasteiger partial charge in [-0.1, -0.05) is 0 Å². The summed E-state index contributed by atoms with van der Waals surface area (Å²) in [5.41, 5.74) is 3.53. The minimum atomic E-state index is -0.292. The van der Waals surface area contributed by atoms with Crippen LogP contribution in [0.4, 0.5) is 5.69 Å². The Morgan fingerprint density at radius 1 is 1.32 bits per heavy atom. The number of amides is 1. The number of nitrogens with one attached hydrogen (secondary N) is 3. The van der Waals surface area contributed by atoms with E-state index in [0.717, 1.165) is 0 Å². The largest absolute Gasteiger partial charge is 0.323 e. The van der Waals surface area contributed by atoms with Crippen molar-refractivity contribution in [2.75, 3.05) is 5.32 Å². The number of hydrogen-bond acceptors (Lipinski definition) is 4. The van der Waals surface area contributed by atoms with Gasteiger partial charge in [0.25, 0.3) is 5.91 Å². The fourth-order valence-corrected chi connectivity index (χ4v) is 2.64. The predicted molar refractivity (Wildman–Crippen MR) is 76.7 cm³/mol. The molecule has 0 aliphatic heterocycles. The minimum Gasteiger partial charge on any atom is -0.320 e. The first-order chi connectivity index (χ1) is 9.13. The molecule has 0 unspecified atom stereocenters. The summed E-state index contributed by atoms with van der Waals surface area (Å²) in [4.78, 5) is 32.3. The quantitative estimate of drug-likeness (QED) is 0.669. The number of nitrogens with zero attached hydrogens (tertiary/aromatic N) is 1. The molecule has 2 aromatic heterocycles. The summed E-state index contributed by atoms with van der Waals surface area (Å²) in [7, 11) is 0. The summed E-state index contributed by atoms with van der Waals surface area (Å²) in [6.45, 7) is 0. The van der Waals surface area contributed by atoms with Crippen LogP contribution in [0.2, 0.25) is 0 Å². The van der Waals surface area contributed by atoms with Crippen LogP contribution in [0.1, 0.15) is 10.5 Å². The average molecular weight is 339 g/mol. The molecule has 0 aliphatic carbocycles. The zero-order valence-electron chi connectivity index (χ0n) is 9.36. The van der Waals surface area contributed by atoms with Crippen molar-refractivity contribution in [2.24, 2.45) is 0 Å². The molecule has 0 fully saturated rings. The molecule has 0 saturated carbocycles. The van der Waals surface area contributed by atoms with Gasteiger partial charge in [-0.15, -0.1) is 11.3 Å². The van der Waals surface area contributed by atoms with Gasteiger partial charge in [-0.05, 0) is 28.1 Å². The summed E-state index contributed by atoms with van der Waals surface area (Å²) in [6, 6.07) is 3.41. The highest BCUT2D eigenvalue weighted by Crippen LogP contribution is 2.26. The lowest BCUT2D eigenvalue weighted by Gasteiger charge is -2.06. The highest BCUT2D eigenvalue weighted by Gasteiger charge is 2.11. The van der Waals surface area contributed by atoms with E-state index in [-0.39, 0.29) is 11.6 Å². The number of anilines is 1. The van der Waals surface area contributed by atoms with E-state index in [1.807, 2.05) is 0 Å². The van der Waals surface area contributed by atoms with Gasteiger partial charge in [-0.2, -0.15) is 0 Å². The molecule has 3 aromatic rings. The normalized spacial score (nSPS) is 10.8. The molecule has 0 bridgehead atoms. The fraction of sp³-hybridized carbons (Fsp3) is 0. The van der Waals surface area contributed by atoms with Gasteiger partial charge in [0.1, 0.15) is 5.69 Å². The Morgan fingerprint density at radius 2 is 2.05 bits per heavy atom. The van der Waals surface area contributed by atoms with E-state index in [0.29, 0.717) is 26.9 Å². The predicted octanol–water partition coefficient (Wildman–Crippen LogP) is 2.33. The molecule has 0 atom stereocenters. The standard InChI is InChI=1S/C11H7BrN4O2S/c12-5-1-7-8(16-11(18)15-7)2-6(5)14-10(17)9-3-19-4-13-9/h1-4H,(H,14,17)(H2,15,16,18). The van der Waals surface area contributed by atoms with Gasteiger partial charge in [-0.3, -0.25) is 4.79 Å². The summed E-state index contributed by atoms with van der Waals surface area (Å²) in [5, 5.41) is 4.40. The van der Waals surface area contributed by atoms with Gasteiger partial charge in [0.15, 0.2) is 0 Å². The fourth-order valence-electron chi connectivity index (χ4n) is 1.66. The number of carbonyl (C=O) groups is 1. The zero-order valence-corrected chi connectivity index (χ0v) is 11.8. The number of benzene rings is 1. The summed E-state index contributed by atoms with van der Waals surface area (Å²) in [5.74, 6) is -0.292. The molecule has 19 heavy (non-hydrogen) atoms. The maximum atomic E-state index is 11.9. The van der Waals surface area contributed by atoms with Crippen LogP contribution in [0.15, 0.2) is 32.3 Å². The van der Waals surface area contributed by atoms with E-state index < -0.39 is 0 Å². The lowest BCUT2D eigenvalue weighted by Crippen LogP contribution is -2.12.